The molecule has 0 bridgehead atoms. The summed E-state index contributed by atoms with van der Waals surface area (Å²) < 4.78 is 5.42. The Morgan fingerprint density at radius 3 is 2.40 bits per heavy atom. The standard InChI is InChI=1S/C18H23NO/c1-13-8-9-18(20-3)16(10-13)12-17(19)11-15-7-5-4-6-14(15)2/h4-10,17H,11-12,19H2,1-3H3. The molecule has 0 radical (unpaired) electrons. The smallest absolute Gasteiger partial charge is 0.122 e. The second-order valence-corrected chi connectivity index (χ2v) is 5.41. The van der Waals surface area contributed by atoms with E-state index in [0.717, 1.165) is 18.6 Å². The fourth-order valence-electron chi connectivity index (χ4n) is 2.54. The fourth-order valence-corrected chi connectivity index (χ4v) is 2.54. The molecule has 1 unspecified atom stereocenters. The van der Waals surface area contributed by atoms with Crippen molar-refractivity contribution in [2.24, 2.45) is 5.73 Å². The van der Waals surface area contributed by atoms with E-state index in [4.69, 9.17) is 10.5 Å². The maximum Gasteiger partial charge on any atom is 0.122 e. The molecule has 0 heterocycles. The monoisotopic (exact) mass is 269 g/mol. The van der Waals surface area contributed by atoms with Gasteiger partial charge in [-0.3, -0.25) is 0 Å². The largest absolute Gasteiger partial charge is 0.496 e. The lowest BCUT2D eigenvalue weighted by atomic mass is 9.96. The van der Waals surface area contributed by atoms with Gasteiger partial charge in [-0.05, 0) is 49.4 Å². The Morgan fingerprint density at radius 2 is 1.70 bits per heavy atom. The van der Waals surface area contributed by atoms with Gasteiger partial charge in [0.25, 0.3) is 0 Å². The third kappa shape index (κ3) is 3.61. The van der Waals surface area contributed by atoms with Gasteiger partial charge in [-0.25, -0.2) is 0 Å². The molecule has 1 atom stereocenters. The highest BCUT2D eigenvalue weighted by atomic mass is 16.5. The predicted octanol–water partition coefficient (Wildman–Crippen LogP) is 3.42. The van der Waals surface area contributed by atoms with E-state index in [2.05, 4.69) is 50.2 Å². The van der Waals surface area contributed by atoms with Crippen molar-refractivity contribution in [1.82, 2.24) is 0 Å². The molecule has 0 aromatic heterocycles. The topological polar surface area (TPSA) is 35.2 Å². The summed E-state index contributed by atoms with van der Waals surface area (Å²) in [6.07, 6.45) is 1.73. The molecule has 2 N–H and O–H groups in total. The first-order valence-electron chi connectivity index (χ1n) is 7.03. The lowest BCUT2D eigenvalue weighted by Gasteiger charge is -2.16. The molecular weight excluding hydrogens is 246 g/mol. The lowest BCUT2D eigenvalue weighted by molar-refractivity contribution is 0.407. The molecule has 0 aliphatic rings. The Kier molecular flexibility index (Phi) is 4.80. The summed E-state index contributed by atoms with van der Waals surface area (Å²) in [5, 5.41) is 0. The van der Waals surface area contributed by atoms with Gasteiger partial charge < -0.3 is 10.5 Å². The van der Waals surface area contributed by atoms with E-state index in [9.17, 15) is 0 Å². The van der Waals surface area contributed by atoms with Gasteiger partial charge in [0.1, 0.15) is 5.75 Å². The molecule has 2 heteroatoms. The number of ether oxygens (including phenoxy) is 1. The third-order valence-electron chi connectivity index (χ3n) is 3.66. The molecular formula is C18H23NO. The zero-order valence-corrected chi connectivity index (χ0v) is 12.5. The summed E-state index contributed by atoms with van der Waals surface area (Å²) in [4.78, 5) is 0. The lowest BCUT2D eigenvalue weighted by Crippen LogP contribution is -2.26. The molecule has 2 aromatic rings. The Labute approximate surface area is 121 Å². The second kappa shape index (κ2) is 6.58. The molecule has 0 aliphatic carbocycles. The van der Waals surface area contributed by atoms with Gasteiger partial charge in [-0.1, -0.05) is 42.0 Å². The van der Waals surface area contributed by atoms with Gasteiger partial charge in [0, 0.05) is 6.04 Å². The normalized spacial score (nSPS) is 12.2. The van der Waals surface area contributed by atoms with Crippen LogP contribution >= 0.6 is 0 Å². The first-order chi connectivity index (χ1) is 9.60. The van der Waals surface area contributed by atoms with Crippen molar-refractivity contribution in [3.63, 3.8) is 0 Å². The van der Waals surface area contributed by atoms with Crippen LogP contribution in [0.25, 0.3) is 0 Å². The first kappa shape index (κ1) is 14.6. The van der Waals surface area contributed by atoms with E-state index in [1.165, 1.54) is 22.3 Å². The van der Waals surface area contributed by atoms with E-state index in [1.807, 2.05) is 6.07 Å². The summed E-state index contributed by atoms with van der Waals surface area (Å²) in [5.74, 6) is 0.927. The molecule has 2 rings (SSSR count). The number of nitrogens with two attached hydrogens (primary N) is 1. The number of aryl methyl sites for hydroxylation is 2. The number of hydrogen-bond acceptors (Lipinski definition) is 2. The van der Waals surface area contributed by atoms with Crippen LogP contribution < -0.4 is 10.5 Å². The maximum absolute atomic E-state index is 6.32. The van der Waals surface area contributed by atoms with E-state index in [-0.39, 0.29) is 6.04 Å². The Bertz CT molecular complexity index is 577. The summed E-state index contributed by atoms with van der Waals surface area (Å²) in [6.45, 7) is 4.23. The minimum absolute atomic E-state index is 0.104. The van der Waals surface area contributed by atoms with Crippen molar-refractivity contribution in [3.8, 4) is 5.75 Å². The molecule has 0 spiro atoms. The zero-order chi connectivity index (χ0) is 14.5. The Balaban J connectivity index is 2.10. The minimum atomic E-state index is 0.104. The van der Waals surface area contributed by atoms with Gasteiger partial charge >= 0.3 is 0 Å². The van der Waals surface area contributed by atoms with Crippen LogP contribution in [0.15, 0.2) is 42.5 Å². The van der Waals surface area contributed by atoms with Gasteiger partial charge in [0.15, 0.2) is 0 Å². The van der Waals surface area contributed by atoms with Crippen molar-refractivity contribution in [2.45, 2.75) is 32.7 Å². The molecule has 0 saturated heterocycles. The minimum Gasteiger partial charge on any atom is -0.496 e. The van der Waals surface area contributed by atoms with E-state index in [1.54, 1.807) is 7.11 Å². The molecule has 106 valence electrons. The van der Waals surface area contributed by atoms with Crippen LogP contribution in [-0.4, -0.2) is 13.2 Å². The highest BCUT2D eigenvalue weighted by molar-refractivity contribution is 5.37. The average Bonchev–Trinajstić information content (AvgIpc) is 2.41. The van der Waals surface area contributed by atoms with Gasteiger partial charge in [0.2, 0.25) is 0 Å². The van der Waals surface area contributed by atoms with Crippen molar-refractivity contribution < 1.29 is 4.74 Å². The van der Waals surface area contributed by atoms with E-state index < -0.39 is 0 Å². The van der Waals surface area contributed by atoms with Crippen molar-refractivity contribution in [3.05, 3.63) is 64.7 Å². The maximum atomic E-state index is 6.32. The number of hydrogen-bond donors (Lipinski definition) is 1. The summed E-state index contributed by atoms with van der Waals surface area (Å²) in [5.41, 5.74) is 11.4. The average molecular weight is 269 g/mol. The van der Waals surface area contributed by atoms with Crippen molar-refractivity contribution in [2.75, 3.05) is 7.11 Å². The fraction of sp³-hybridized carbons (Fsp3) is 0.333. The molecule has 0 saturated carbocycles. The second-order valence-electron chi connectivity index (χ2n) is 5.41. The van der Waals surface area contributed by atoms with Crippen molar-refractivity contribution >= 4 is 0 Å². The van der Waals surface area contributed by atoms with E-state index >= 15 is 0 Å². The number of methoxy groups -OCH3 is 1. The molecule has 2 nitrogen and oxygen atoms in total. The van der Waals surface area contributed by atoms with Crippen LogP contribution in [0.5, 0.6) is 5.75 Å². The highest BCUT2D eigenvalue weighted by Crippen LogP contribution is 2.22. The van der Waals surface area contributed by atoms with Gasteiger partial charge in [-0.15, -0.1) is 0 Å². The Hall–Kier alpha value is -1.80. The number of rotatable bonds is 5. The summed E-state index contributed by atoms with van der Waals surface area (Å²) >= 11 is 0. The first-order valence-corrected chi connectivity index (χ1v) is 7.03. The summed E-state index contributed by atoms with van der Waals surface area (Å²) in [7, 11) is 1.71. The van der Waals surface area contributed by atoms with Gasteiger partial charge in [0.05, 0.1) is 7.11 Å². The van der Waals surface area contributed by atoms with Crippen LogP contribution in [0.1, 0.15) is 22.3 Å². The van der Waals surface area contributed by atoms with Crippen LogP contribution in [0.3, 0.4) is 0 Å². The Morgan fingerprint density at radius 1 is 1.00 bits per heavy atom. The van der Waals surface area contributed by atoms with Crippen LogP contribution in [0.4, 0.5) is 0 Å². The highest BCUT2D eigenvalue weighted by Gasteiger charge is 2.11. The molecule has 0 fully saturated rings. The summed E-state index contributed by atoms with van der Waals surface area (Å²) in [6, 6.07) is 14.8. The number of benzene rings is 2. The predicted molar refractivity (Wildman–Crippen MR) is 84.3 cm³/mol. The quantitative estimate of drug-likeness (QED) is 0.902. The molecule has 0 amide bonds. The van der Waals surface area contributed by atoms with Crippen LogP contribution in [0, 0.1) is 13.8 Å². The van der Waals surface area contributed by atoms with Crippen LogP contribution in [0.2, 0.25) is 0 Å². The van der Waals surface area contributed by atoms with E-state index in [0.29, 0.717) is 0 Å². The molecule has 2 aromatic carbocycles. The van der Waals surface area contributed by atoms with Crippen LogP contribution in [-0.2, 0) is 12.8 Å². The third-order valence-corrected chi connectivity index (χ3v) is 3.66. The van der Waals surface area contributed by atoms with Crippen molar-refractivity contribution in [1.29, 1.82) is 0 Å². The zero-order valence-electron chi connectivity index (χ0n) is 12.5. The molecule has 20 heavy (non-hydrogen) atoms. The SMILES string of the molecule is COc1ccc(C)cc1CC(N)Cc1ccccc1C. The molecule has 0 aliphatic heterocycles. The van der Waals surface area contributed by atoms with Gasteiger partial charge in [-0.2, -0.15) is 0 Å².